The zero-order valence-corrected chi connectivity index (χ0v) is 20.0. The number of benzene rings is 1. The second kappa shape index (κ2) is 12.4. The van der Waals surface area contributed by atoms with Crippen molar-refractivity contribution in [1.82, 2.24) is 15.6 Å². The molecule has 1 fully saturated rings. The Morgan fingerprint density at radius 1 is 1.26 bits per heavy atom. The van der Waals surface area contributed by atoms with Crippen molar-refractivity contribution in [2.75, 3.05) is 31.6 Å². The van der Waals surface area contributed by atoms with Crippen LogP contribution in [0.3, 0.4) is 0 Å². The number of hydrogen-bond acceptors (Lipinski definition) is 4. The summed E-state index contributed by atoms with van der Waals surface area (Å²) < 4.78 is 13.3. The van der Waals surface area contributed by atoms with Crippen molar-refractivity contribution in [2.45, 2.75) is 25.8 Å². The Labute approximate surface area is 199 Å². The average Bonchev–Trinajstić information content (AvgIpc) is 2.76. The molecule has 1 aliphatic heterocycles. The topological polar surface area (TPSA) is 95.6 Å². The molecule has 2 aromatic rings. The second-order valence-corrected chi connectivity index (χ2v) is 7.38. The van der Waals surface area contributed by atoms with E-state index >= 15 is 0 Å². The minimum atomic E-state index is -0.223. The summed E-state index contributed by atoms with van der Waals surface area (Å²) in [7, 11) is 1.72. The number of aliphatic imine (C=N–C) groups is 1. The number of carbonyl (C=O) groups excluding carboxylic acids is 1. The molecule has 1 saturated heterocycles. The molecule has 0 spiro atoms. The molecule has 0 saturated carbocycles. The summed E-state index contributed by atoms with van der Waals surface area (Å²) in [6.07, 6.45) is 3.99. The van der Waals surface area contributed by atoms with Crippen LogP contribution in [0.1, 0.15) is 24.0 Å². The molecule has 9 heteroatoms. The summed E-state index contributed by atoms with van der Waals surface area (Å²) in [4.78, 5) is 22.4. The van der Waals surface area contributed by atoms with Gasteiger partial charge >= 0.3 is 0 Å². The molecule has 1 aromatic heterocycles. The van der Waals surface area contributed by atoms with Crippen LogP contribution in [0.5, 0.6) is 0 Å². The van der Waals surface area contributed by atoms with Crippen LogP contribution >= 0.6 is 24.0 Å². The minimum absolute atomic E-state index is 0. The third-order valence-electron chi connectivity index (χ3n) is 5.33. The SMILES string of the molecule is CN=C(NCCc1cccc(F)c1)NCc1cccnc1N1CCC(C(N)=O)CC1.I. The molecule has 1 amide bonds. The largest absolute Gasteiger partial charge is 0.369 e. The van der Waals surface area contributed by atoms with E-state index in [1.165, 1.54) is 6.07 Å². The molecular formula is C22H30FIN6O. The normalized spacial score (nSPS) is 14.6. The first-order valence-corrected chi connectivity index (χ1v) is 10.2. The van der Waals surface area contributed by atoms with Crippen molar-refractivity contribution in [3.8, 4) is 0 Å². The van der Waals surface area contributed by atoms with Crippen LogP contribution in [0.2, 0.25) is 0 Å². The van der Waals surface area contributed by atoms with Gasteiger partial charge in [-0.3, -0.25) is 9.79 Å². The number of carbonyl (C=O) groups is 1. The van der Waals surface area contributed by atoms with E-state index in [2.05, 4.69) is 25.5 Å². The summed E-state index contributed by atoms with van der Waals surface area (Å²) in [6.45, 7) is 2.73. The number of aromatic nitrogens is 1. The van der Waals surface area contributed by atoms with Gasteiger partial charge in [-0.25, -0.2) is 9.37 Å². The molecular weight excluding hydrogens is 510 g/mol. The highest BCUT2D eigenvalue weighted by molar-refractivity contribution is 14.0. The van der Waals surface area contributed by atoms with E-state index < -0.39 is 0 Å². The van der Waals surface area contributed by atoms with Gasteiger partial charge in [0.25, 0.3) is 0 Å². The standard InChI is InChI=1S/C22H29FN6O.HI/c1-25-22(27-11-7-16-4-2-6-19(23)14-16)28-15-18-5-3-10-26-21(18)29-12-8-17(9-13-29)20(24)30;/h2-6,10,14,17H,7-9,11-13,15H2,1H3,(H2,24,30)(H2,25,27,28);1H. The van der Waals surface area contributed by atoms with Crippen LogP contribution in [-0.4, -0.2) is 43.5 Å². The van der Waals surface area contributed by atoms with E-state index in [-0.39, 0.29) is 41.6 Å². The number of nitrogens with zero attached hydrogens (tertiary/aromatic N) is 3. The number of anilines is 1. The molecule has 2 heterocycles. The number of primary amides is 1. The lowest BCUT2D eigenvalue weighted by molar-refractivity contribution is -0.122. The molecule has 1 aromatic carbocycles. The molecule has 31 heavy (non-hydrogen) atoms. The van der Waals surface area contributed by atoms with Gasteiger partial charge in [0.15, 0.2) is 5.96 Å². The number of nitrogens with one attached hydrogen (secondary N) is 2. The number of nitrogens with two attached hydrogens (primary N) is 1. The van der Waals surface area contributed by atoms with E-state index in [4.69, 9.17) is 5.73 Å². The first kappa shape index (κ1) is 24.8. The molecule has 0 aliphatic carbocycles. The van der Waals surface area contributed by atoms with Crippen molar-refractivity contribution in [2.24, 2.45) is 16.6 Å². The van der Waals surface area contributed by atoms with Crippen molar-refractivity contribution < 1.29 is 9.18 Å². The molecule has 0 radical (unpaired) electrons. The summed E-state index contributed by atoms with van der Waals surface area (Å²) in [5, 5.41) is 6.57. The van der Waals surface area contributed by atoms with Crippen molar-refractivity contribution in [1.29, 1.82) is 0 Å². The maximum atomic E-state index is 13.3. The van der Waals surface area contributed by atoms with Crippen LogP contribution in [0, 0.1) is 11.7 Å². The van der Waals surface area contributed by atoms with E-state index in [0.717, 1.165) is 42.9 Å². The zero-order valence-electron chi connectivity index (χ0n) is 17.7. The molecule has 0 bridgehead atoms. The van der Waals surface area contributed by atoms with Gasteiger partial charge in [0.1, 0.15) is 11.6 Å². The first-order valence-electron chi connectivity index (χ1n) is 10.2. The van der Waals surface area contributed by atoms with Gasteiger partial charge in [-0.15, -0.1) is 24.0 Å². The molecule has 0 unspecified atom stereocenters. The Balaban J connectivity index is 0.00000341. The number of guanidine groups is 1. The molecule has 3 rings (SSSR count). The van der Waals surface area contributed by atoms with Crippen molar-refractivity contribution >= 4 is 41.7 Å². The summed E-state index contributed by atoms with van der Waals surface area (Å²) in [6, 6.07) is 10.6. The molecule has 7 nitrogen and oxygen atoms in total. The molecule has 0 atom stereocenters. The predicted octanol–water partition coefficient (Wildman–Crippen LogP) is 2.45. The number of hydrogen-bond donors (Lipinski definition) is 3. The van der Waals surface area contributed by atoms with Crippen LogP contribution in [0.4, 0.5) is 10.2 Å². The molecule has 168 valence electrons. The fourth-order valence-electron chi connectivity index (χ4n) is 3.65. The van der Waals surface area contributed by atoms with Crippen LogP contribution in [-0.2, 0) is 17.8 Å². The van der Waals surface area contributed by atoms with E-state index in [0.29, 0.717) is 25.5 Å². The Kier molecular flexibility index (Phi) is 9.96. The highest BCUT2D eigenvalue weighted by Crippen LogP contribution is 2.24. The number of piperidine rings is 1. The lowest BCUT2D eigenvalue weighted by atomic mass is 9.96. The van der Waals surface area contributed by atoms with Crippen molar-refractivity contribution in [3.05, 3.63) is 59.5 Å². The van der Waals surface area contributed by atoms with Gasteiger partial charge < -0.3 is 21.3 Å². The van der Waals surface area contributed by atoms with E-state index in [1.54, 1.807) is 25.4 Å². The third-order valence-corrected chi connectivity index (χ3v) is 5.33. The highest BCUT2D eigenvalue weighted by Gasteiger charge is 2.24. The summed E-state index contributed by atoms with van der Waals surface area (Å²) >= 11 is 0. The Hall–Kier alpha value is -2.43. The Morgan fingerprint density at radius 3 is 2.71 bits per heavy atom. The monoisotopic (exact) mass is 540 g/mol. The predicted molar refractivity (Wildman–Crippen MR) is 132 cm³/mol. The van der Waals surface area contributed by atoms with Crippen LogP contribution in [0.15, 0.2) is 47.6 Å². The van der Waals surface area contributed by atoms with E-state index in [9.17, 15) is 9.18 Å². The average molecular weight is 540 g/mol. The second-order valence-electron chi connectivity index (χ2n) is 7.38. The van der Waals surface area contributed by atoms with Crippen LogP contribution < -0.4 is 21.3 Å². The minimum Gasteiger partial charge on any atom is -0.369 e. The summed E-state index contributed by atoms with van der Waals surface area (Å²) in [5.74, 6) is 1.11. The maximum absolute atomic E-state index is 13.3. The molecule has 4 N–H and O–H groups in total. The third kappa shape index (κ3) is 7.34. The van der Waals surface area contributed by atoms with Gasteiger partial charge in [-0.1, -0.05) is 18.2 Å². The maximum Gasteiger partial charge on any atom is 0.220 e. The van der Waals surface area contributed by atoms with Gasteiger partial charge in [0.2, 0.25) is 5.91 Å². The Morgan fingerprint density at radius 2 is 2.03 bits per heavy atom. The summed E-state index contributed by atoms with van der Waals surface area (Å²) in [5.41, 5.74) is 7.44. The van der Waals surface area contributed by atoms with Crippen molar-refractivity contribution in [3.63, 3.8) is 0 Å². The van der Waals surface area contributed by atoms with E-state index in [1.807, 2.05) is 18.2 Å². The zero-order chi connectivity index (χ0) is 21.3. The lowest BCUT2D eigenvalue weighted by Gasteiger charge is -2.32. The fourth-order valence-corrected chi connectivity index (χ4v) is 3.65. The first-order chi connectivity index (χ1) is 14.6. The highest BCUT2D eigenvalue weighted by atomic mass is 127. The molecule has 1 aliphatic rings. The quantitative estimate of drug-likeness (QED) is 0.285. The Bertz CT molecular complexity index is 886. The van der Waals surface area contributed by atoms with Crippen LogP contribution in [0.25, 0.3) is 0 Å². The van der Waals surface area contributed by atoms with Gasteiger partial charge in [-0.2, -0.15) is 0 Å². The van der Waals surface area contributed by atoms with Gasteiger partial charge in [0.05, 0.1) is 0 Å². The van der Waals surface area contributed by atoms with Gasteiger partial charge in [-0.05, 0) is 43.0 Å². The lowest BCUT2D eigenvalue weighted by Crippen LogP contribution is -2.40. The number of halogens is 2. The fraction of sp³-hybridized carbons (Fsp3) is 0.409. The smallest absolute Gasteiger partial charge is 0.220 e. The number of pyridine rings is 1. The van der Waals surface area contributed by atoms with Gasteiger partial charge in [0, 0.05) is 50.9 Å². The number of rotatable bonds is 7. The number of amides is 1.